The second-order valence-corrected chi connectivity index (χ2v) is 5.15. The highest BCUT2D eigenvalue weighted by Gasteiger charge is 2.20. The number of nitrogens with zero attached hydrogens (tertiary/aromatic N) is 2. The van der Waals surface area contributed by atoms with Gasteiger partial charge in [-0.15, -0.1) is 0 Å². The zero-order valence-corrected chi connectivity index (χ0v) is 12.1. The number of fused-ring (bicyclic) bond motifs is 1. The Morgan fingerprint density at radius 3 is 3.10 bits per heavy atom. The minimum atomic E-state index is 0.847. The van der Waals surface area contributed by atoms with Crippen LogP contribution >= 0.6 is 0 Å². The van der Waals surface area contributed by atoms with Gasteiger partial charge in [-0.3, -0.25) is 4.68 Å². The predicted octanol–water partition coefficient (Wildman–Crippen LogP) is 3.33. The average molecular weight is 271 g/mol. The van der Waals surface area contributed by atoms with Crippen molar-refractivity contribution in [3.8, 4) is 17.0 Å². The number of methoxy groups -OCH3 is 1. The Kier molecular flexibility index (Phi) is 3.63. The van der Waals surface area contributed by atoms with Gasteiger partial charge in [0, 0.05) is 24.3 Å². The smallest absolute Gasteiger partial charge is 0.164 e. The molecule has 0 unspecified atom stereocenters. The Labute approximate surface area is 119 Å². The molecule has 106 valence electrons. The highest BCUT2D eigenvalue weighted by atomic mass is 16.5. The molecule has 4 heteroatoms. The SMILES string of the molecule is CCCn1ncc(OC)c1-c1cccc2c1NCCC2. The normalized spacial score (nSPS) is 13.7. The van der Waals surface area contributed by atoms with Gasteiger partial charge in [0.25, 0.3) is 0 Å². The van der Waals surface area contributed by atoms with E-state index in [1.54, 1.807) is 7.11 Å². The molecule has 0 fully saturated rings. The van der Waals surface area contributed by atoms with Crippen molar-refractivity contribution in [1.82, 2.24) is 9.78 Å². The Hall–Kier alpha value is -1.97. The number of hydrogen-bond acceptors (Lipinski definition) is 3. The fourth-order valence-electron chi connectivity index (χ4n) is 2.88. The van der Waals surface area contributed by atoms with Gasteiger partial charge >= 0.3 is 0 Å². The Morgan fingerprint density at radius 2 is 2.30 bits per heavy atom. The highest BCUT2D eigenvalue weighted by molar-refractivity contribution is 5.82. The molecule has 1 N–H and O–H groups in total. The zero-order chi connectivity index (χ0) is 13.9. The molecule has 3 rings (SSSR count). The van der Waals surface area contributed by atoms with E-state index in [0.717, 1.165) is 37.4 Å². The van der Waals surface area contributed by atoms with Crippen LogP contribution in [0, 0.1) is 0 Å². The molecule has 1 aliphatic heterocycles. The number of rotatable bonds is 4. The first-order chi connectivity index (χ1) is 9.85. The summed E-state index contributed by atoms with van der Waals surface area (Å²) in [7, 11) is 1.71. The van der Waals surface area contributed by atoms with Crippen molar-refractivity contribution in [2.24, 2.45) is 0 Å². The molecule has 0 aliphatic carbocycles. The second-order valence-electron chi connectivity index (χ2n) is 5.15. The third-order valence-electron chi connectivity index (χ3n) is 3.79. The number of hydrogen-bond donors (Lipinski definition) is 1. The van der Waals surface area contributed by atoms with Crippen molar-refractivity contribution >= 4 is 5.69 Å². The maximum atomic E-state index is 5.51. The lowest BCUT2D eigenvalue weighted by molar-refractivity contribution is 0.415. The van der Waals surface area contributed by atoms with E-state index < -0.39 is 0 Å². The van der Waals surface area contributed by atoms with Crippen LogP contribution in [-0.2, 0) is 13.0 Å². The van der Waals surface area contributed by atoms with E-state index in [2.05, 4.69) is 35.5 Å². The summed E-state index contributed by atoms with van der Waals surface area (Å²) in [5.41, 5.74) is 4.92. The summed E-state index contributed by atoms with van der Waals surface area (Å²) in [5, 5.41) is 8.01. The lowest BCUT2D eigenvalue weighted by atomic mass is 9.97. The number of aryl methyl sites for hydroxylation is 2. The second kappa shape index (κ2) is 5.57. The van der Waals surface area contributed by atoms with Gasteiger partial charge in [-0.1, -0.05) is 25.1 Å². The number of ether oxygens (including phenoxy) is 1. The molecule has 20 heavy (non-hydrogen) atoms. The Morgan fingerprint density at radius 1 is 1.40 bits per heavy atom. The standard InChI is InChI=1S/C16H21N3O/c1-3-10-19-16(14(20-2)11-18-19)13-8-4-6-12-7-5-9-17-15(12)13/h4,6,8,11,17H,3,5,7,9-10H2,1-2H3. The topological polar surface area (TPSA) is 39.1 Å². The van der Waals surface area contributed by atoms with Gasteiger partial charge in [0.1, 0.15) is 5.69 Å². The lowest BCUT2D eigenvalue weighted by Crippen LogP contribution is -2.13. The molecule has 0 atom stereocenters. The van der Waals surface area contributed by atoms with Crippen molar-refractivity contribution in [2.45, 2.75) is 32.7 Å². The van der Waals surface area contributed by atoms with E-state index in [1.165, 1.54) is 23.2 Å². The molecule has 1 aliphatic rings. The maximum Gasteiger partial charge on any atom is 0.164 e. The average Bonchev–Trinajstić information content (AvgIpc) is 2.90. The zero-order valence-electron chi connectivity index (χ0n) is 12.1. The summed E-state index contributed by atoms with van der Waals surface area (Å²) in [6.45, 7) is 4.10. The fourth-order valence-corrected chi connectivity index (χ4v) is 2.88. The van der Waals surface area contributed by atoms with E-state index in [0.29, 0.717) is 0 Å². The summed E-state index contributed by atoms with van der Waals surface area (Å²) in [4.78, 5) is 0. The molecule has 0 saturated heterocycles. The number of benzene rings is 1. The minimum absolute atomic E-state index is 0.847. The van der Waals surface area contributed by atoms with E-state index in [1.807, 2.05) is 10.9 Å². The molecule has 0 saturated carbocycles. The minimum Gasteiger partial charge on any atom is -0.493 e. The van der Waals surface area contributed by atoms with Gasteiger partial charge in [0.05, 0.1) is 13.3 Å². The first kappa shape index (κ1) is 13.0. The third-order valence-corrected chi connectivity index (χ3v) is 3.79. The number of para-hydroxylation sites is 1. The quantitative estimate of drug-likeness (QED) is 0.927. The molecule has 0 radical (unpaired) electrons. The summed E-state index contributed by atoms with van der Waals surface area (Å²) in [6, 6.07) is 6.49. The van der Waals surface area contributed by atoms with Crippen LogP contribution in [0.3, 0.4) is 0 Å². The molecule has 0 spiro atoms. The lowest BCUT2D eigenvalue weighted by Gasteiger charge is -2.22. The maximum absolute atomic E-state index is 5.51. The highest BCUT2D eigenvalue weighted by Crippen LogP contribution is 2.38. The van der Waals surface area contributed by atoms with Gasteiger partial charge in [-0.05, 0) is 24.8 Å². The van der Waals surface area contributed by atoms with Gasteiger partial charge in [0.2, 0.25) is 0 Å². The summed E-state index contributed by atoms with van der Waals surface area (Å²) >= 11 is 0. The van der Waals surface area contributed by atoms with E-state index in [9.17, 15) is 0 Å². The van der Waals surface area contributed by atoms with Gasteiger partial charge in [0.15, 0.2) is 5.75 Å². The fraction of sp³-hybridized carbons (Fsp3) is 0.438. The first-order valence-electron chi connectivity index (χ1n) is 7.31. The molecule has 2 heterocycles. The van der Waals surface area contributed by atoms with Crippen LogP contribution in [-0.4, -0.2) is 23.4 Å². The van der Waals surface area contributed by atoms with Gasteiger partial charge in [-0.2, -0.15) is 5.10 Å². The molecule has 0 amide bonds. The Balaban J connectivity index is 2.15. The van der Waals surface area contributed by atoms with Crippen molar-refractivity contribution in [3.63, 3.8) is 0 Å². The monoisotopic (exact) mass is 271 g/mol. The Bertz CT molecular complexity index is 604. The van der Waals surface area contributed by atoms with Crippen molar-refractivity contribution in [1.29, 1.82) is 0 Å². The van der Waals surface area contributed by atoms with Crippen LogP contribution in [0.4, 0.5) is 5.69 Å². The summed E-state index contributed by atoms with van der Waals surface area (Å²) in [5.74, 6) is 0.847. The van der Waals surface area contributed by atoms with E-state index >= 15 is 0 Å². The molecule has 2 aromatic rings. The molecule has 1 aromatic carbocycles. The summed E-state index contributed by atoms with van der Waals surface area (Å²) < 4.78 is 7.55. The van der Waals surface area contributed by atoms with E-state index in [4.69, 9.17) is 4.74 Å². The molecular weight excluding hydrogens is 250 g/mol. The van der Waals surface area contributed by atoms with Crippen LogP contribution in [0.1, 0.15) is 25.3 Å². The number of nitrogens with one attached hydrogen (secondary N) is 1. The van der Waals surface area contributed by atoms with Crippen molar-refractivity contribution < 1.29 is 4.74 Å². The predicted molar refractivity (Wildman–Crippen MR) is 81.3 cm³/mol. The summed E-state index contributed by atoms with van der Waals surface area (Å²) in [6.07, 6.45) is 5.20. The van der Waals surface area contributed by atoms with Crippen LogP contribution in [0.2, 0.25) is 0 Å². The van der Waals surface area contributed by atoms with Crippen LogP contribution < -0.4 is 10.1 Å². The third kappa shape index (κ3) is 2.15. The largest absolute Gasteiger partial charge is 0.493 e. The van der Waals surface area contributed by atoms with Gasteiger partial charge < -0.3 is 10.1 Å². The van der Waals surface area contributed by atoms with Crippen LogP contribution in [0.5, 0.6) is 5.75 Å². The van der Waals surface area contributed by atoms with Crippen LogP contribution in [0.15, 0.2) is 24.4 Å². The number of aromatic nitrogens is 2. The van der Waals surface area contributed by atoms with Crippen LogP contribution in [0.25, 0.3) is 11.3 Å². The van der Waals surface area contributed by atoms with Gasteiger partial charge in [-0.25, -0.2) is 0 Å². The van der Waals surface area contributed by atoms with Crippen molar-refractivity contribution in [3.05, 3.63) is 30.0 Å². The molecule has 0 bridgehead atoms. The number of anilines is 1. The van der Waals surface area contributed by atoms with E-state index in [-0.39, 0.29) is 0 Å². The molecule has 1 aromatic heterocycles. The molecular formula is C16H21N3O. The van der Waals surface area contributed by atoms with Crippen molar-refractivity contribution in [2.75, 3.05) is 19.0 Å². The molecule has 4 nitrogen and oxygen atoms in total. The first-order valence-corrected chi connectivity index (χ1v) is 7.31.